The molecule has 0 amide bonds. The highest BCUT2D eigenvalue weighted by atomic mass is 32.1. The van der Waals surface area contributed by atoms with Crippen molar-refractivity contribution >= 4 is 22.8 Å². The van der Waals surface area contributed by atoms with Gasteiger partial charge in [-0.15, -0.1) is 11.3 Å². The van der Waals surface area contributed by atoms with Crippen LogP contribution in [0.1, 0.15) is 11.5 Å². The third-order valence-electron chi connectivity index (χ3n) is 3.88. The quantitative estimate of drug-likeness (QED) is 0.377. The molecule has 4 aromatic rings. The molecule has 0 aliphatic rings. The van der Waals surface area contributed by atoms with Crippen LogP contribution in [0.4, 0.5) is 11.5 Å². The van der Waals surface area contributed by atoms with Crippen LogP contribution in [0.15, 0.2) is 47.8 Å². The number of H-pyrrole nitrogens is 1. The molecule has 0 aliphatic carbocycles. The fourth-order valence-corrected chi connectivity index (χ4v) is 3.27. The summed E-state index contributed by atoms with van der Waals surface area (Å²) in [5, 5.41) is 23.3. The summed E-state index contributed by atoms with van der Waals surface area (Å²) in [6.45, 7) is 2.25. The number of non-ortho nitro benzene ring substituents is 1. The van der Waals surface area contributed by atoms with E-state index >= 15 is 0 Å². The van der Waals surface area contributed by atoms with Crippen LogP contribution in [0.3, 0.4) is 0 Å². The molecule has 3 heterocycles. The van der Waals surface area contributed by atoms with Gasteiger partial charge in [0, 0.05) is 29.5 Å². The second-order valence-electron chi connectivity index (χ2n) is 5.96. The van der Waals surface area contributed by atoms with Gasteiger partial charge in [-0.1, -0.05) is 18.2 Å². The molecule has 140 valence electrons. The molecule has 3 aromatic heterocycles. The van der Waals surface area contributed by atoms with E-state index in [4.69, 9.17) is 0 Å². The zero-order valence-electron chi connectivity index (χ0n) is 14.8. The molecule has 0 radical (unpaired) electrons. The SMILES string of the molecule is Cc1cc(NCc2nc(-c3cccs3)n[nH]2)nc(-c2cccc([N+](=O)[O-])c2)n1. The number of anilines is 1. The Morgan fingerprint density at radius 3 is 2.82 bits per heavy atom. The van der Waals surface area contributed by atoms with Crippen LogP contribution in [-0.4, -0.2) is 30.1 Å². The topological polar surface area (TPSA) is 123 Å². The van der Waals surface area contributed by atoms with Gasteiger partial charge in [0.1, 0.15) is 11.6 Å². The Labute approximate surface area is 163 Å². The maximum atomic E-state index is 11.0. The summed E-state index contributed by atoms with van der Waals surface area (Å²) in [6.07, 6.45) is 0. The molecule has 28 heavy (non-hydrogen) atoms. The second-order valence-corrected chi connectivity index (χ2v) is 6.91. The van der Waals surface area contributed by atoms with Gasteiger partial charge >= 0.3 is 0 Å². The third kappa shape index (κ3) is 3.86. The predicted molar refractivity (Wildman–Crippen MR) is 106 cm³/mol. The van der Waals surface area contributed by atoms with E-state index in [1.54, 1.807) is 29.5 Å². The van der Waals surface area contributed by atoms with Crippen LogP contribution in [0.2, 0.25) is 0 Å². The number of hydrogen-bond acceptors (Lipinski definition) is 8. The Hall–Kier alpha value is -3.66. The van der Waals surface area contributed by atoms with Crippen LogP contribution < -0.4 is 5.32 Å². The maximum absolute atomic E-state index is 11.0. The average molecular weight is 393 g/mol. The normalized spacial score (nSPS) is 10.8. The lowest BCUT2D eigenvalue weighted by atomic mass is 10.2. The first-order chi connectivity index (χ1) is 13.6. The van der Waals surface area contributed by atoms with Gasteiger partial charge < -0.3 is 5.32 Å². The van der Waals surface area contributed by atoms with Gasteiger partial charge in [0.05, 0.1) is 16.3 Å². The average Bonchev–Trinajstić information content (AvgIpc) is 3.38. The molecule has 0 bridgehead atoms. The molecule has 0 spiro atoms. The van der Waals surface area contributed by atoms with Crippen LogP contribution in [0.25, 0.3) is 22.1 Å². The summed E-state index contributed by atoms with van der Waals surface area (Å²) in [5.74, 6) is 2.35. The maximum Gasteiger partial charge on any atom is 0.270 e. The molecule has 0 saturated carbocycles. The van der Waals surface area contributed by atoms with Gasteiger partial charge in [0.2, 0.25) is 0 Å². The molecule has 0 saturated heterocycles. The molecular formula is C18H15N7O2S. The highest BCUT2D eigenvalue weighted by Gasteiger charge is 2.11. The summed E-state index contributed by atoms with van der Waals surface area (Å²) in [5.41, 5.74) is 1.33. The Kier molecular flexibility index (Phi) is 4.77. The van der Waals surface area contributed by atoms with Crippen LogP contribution in [-0.2, 0) is 6.54 Å². The minimum absolute atomic E-state index is 0.000110. The largest absolute Gasteiger partial charge is 0.363 e. The van der Waals surface area contributed by atoms with Gasteiger partial charge in [0.15, 0.2) is 11.6 Å². The first-order valence-electron chi connectivity index (χ1n) is 8.38. The number of benzene rings is 1. The molecule has 1 aromatic carbocycles. The van der Waals surface area contributed by atoms with E-state index in [0.717, 1.165) is 10.6 Å². The van der Waals surface area contributed by atoms with Gasteiger partial charge in [-0.3, -0.25) is 15.2 Å². The van der Waals surface area contributed by atoms with Gasteiger partial charge in [-0.2, -0.15) is 5.10 Å². The fraction of sp³-hybridized carbons (Fsp3) is 0.111. The van der Waals surface area contributed by atoms with Crippen molar-refractivity contribution < 1.29 is 4.92 Å². The lowest BCUT2D eigenvalue weighted by molar-refractivity contribution is -0.384. The van der Waals surface area contributed by atoms with Crippen molar-refractivity contribution in [2.24, 2.45) is 0 Å². The zero-order valence-corrected chi connectivity index (χ0v) is 15.6. The van der Waals surface area contributed by atoms with E-state index < -0.39 is 4.92 Å². The van der Waals surface area contributed by atoms with Gasteiger partial charge in [-0.25, -0.2) is 15.0 Å². The third-order valence-corrected chi connectivity index (χ3v) is 4.75. The molecule has 2 N–H and O–H groups in total. The number of nitro benzene ring substituents is 1. The van der Waals surface area contributed by atoms with E-state index in [1.165, 1.54) is 12.1 Å². The molecule has 10 heteroatoms. The standard InChI is InChI=1S/C18H15N7O2S/c1-11-8-15(19-10-16-22-18(24-23-16)14-6-3-7-28-14)21-17(20-11)12-4-2-5-13(9-12)25(26)27/h2-9H,10H2,1H3,(H,19,20,21)(H,22,23,24). The van der Waals surface area contributed by atoms with Crippen molar-refractivity contribution in [3.05, 3.63) is 69.5 Å². The molecule has 9 nitrogen and oxygen atoms in total. The highest BCUT2D eigenvalue weighted by Crippen LogP contribution is 2.23. The van der Waals surface area contributed by atoms with Crippen LogP contribution in [0.5, 0.6) is 0 Å². The summed E-state index contributed by atoms with van der Waals surface area (Å²) < 4.78 is 0. The van der Waals surface area contributed by atoms with Gasteiger partial charge in [-0.05, 0) is 18.4 Å². The summed E-state index contributed by atoms with van der Waals surface area (Å²) >= 11 is 1.57. The minimum Gasteiger partial charge on any atom is -0.363 e. The Morgan fingerprint density at radius 2 is 2.04 bits per heavy atom. The molecule has 0 aliphatic heterocycles. The van der Waals surface area contributed by atoms with Crippen molar-refractivity contribution in [2.75, 3.05) is 5.32 Å². The predicted octanol–water partition coefficient (Wildman–Crippen LogP) is 3.82. The Morgan fingerprint density at radius 1 is 1.14 bits per heavy atom. The zero-order chi connectivity index (χ0) is 19.5. The number of aryl methyl sites for hydroxylation is 1. The summed E-state index contributed by atoms with van der Waals surface area (Å²) in [6, 6.07) is 12.0. The molecule has 4 rings (SSSR count). The van der Waals surface area contributed by atoms with E-state index in [2.05, 4.69) is 30.5 Å². The molecule has 0 unspecified atom stereocenters. The van der Waals surface area contributed by atoms with Crippen LogP contribution in [0, 0.1) is 17.0 Å². The van der Waals surface area contributed by atoms with Crippen molar-refractivity contribution in [1.82, 2.24) is 25.1 Å². The number of rotatable bonds is 6. The first-order valence-corrected chi connectivity index (χ1v) is 9.26. The molecule has 0 atom stereocenters. The Bertz CT molecular complexity index is 1120. The number of nitrogens with one attached hydrogen (secondary N) is 2. The van der Waals surface area contributed by atoms with Gasteiger partial charge in [0.25, 0.3) is 5.69 Å². The van der Waals surface area contributed by atoms with Crippen molar-refractivity contribution in [2.45, 2.75) is 13.5 Å². The van der Waals surface area contributed by atoms with E-state index in [9.17, 15) is 10.1 Å². The number of thiophene rings is 1. The fourth-order valence-electron chi connectivity index (χ4n) is 2.61. The highest BCUT2D eigenvalue weighted by molar-refractivity contribution is 7.13. The number of aromatic amines is 1. The van der Waals surface area contributed by atoms with E-state index in [0.29, 0.717) is 35.4 Å². The Balaban J connectivity index is 1.53. The monoisotopic (exact) mass is 393 g/mol. The van der Waals surface area contributed by atoms with Crippen molar-refractivity contribution in [1.29, 1.82) is 0 Å². The number of nitrogens with zero attached hydrogens (tertiary/aromatic N) is 5. The summed E-state index contributed by atoms with van der Waals surface area (Å²) in [4.78, 5) is 24.9. The number of nitro groups is 1. The van der Waals surface area contributed by atoms with Crippen molar-refractivity contribution in [3.63, 3.8) is 0 Å². The molecule has 0 fully saturated rings. The van der Waals surface area contributed by atoms with E-state index in [1.807, 2.05) is 24.4 Å². The number of hydrogen-bond donors (Lipinski definition) is 2. The first kappa shape index (κ1) is 17.7. The molecular weight excluding hydrogens is 378 g/mol. The lowest BCUT2D eigenvalue weighted by Crippen LogP contribution is -2.05. The van der Waals surface area contributed by atoms with Crippen molar-refractivity contribution in [3.8, 4) is 22.1 Å². The minimum atomic E-state index is -0.437. The van der Waals surface area contributed by atoms with E-state index in [-0.39, 0.29) is 5.69 Å². The summed E-state index contributed by atoms with van der Waals surface area (Å²) in [7, 11) is 0. The second kappa shape index (κ2) is 7.53. The number of aromatic nitrogens is 5. The van der Waals surface area contributed by atoms with Crippen LogP contribution >= 0.6 is 11.3 Å². The smallest absolute Gasteiger partial charge is 0.270 e. The lowest BCUT2D eigenvalue weighted by Gasteiger charge is -2.07.